The number of pyridine rings is 1. The summed E-state index contributed by atoms with van der Waals surface area (Å²) in [7, 11) is 0. The smallest absolute Gasteiger partial charge is 0.267 e. The maximum absolute atomic E-state index is 12.9. The number of rotatable bonds is 4. The third-order valence-electron chi connectivity index (χ3n) is 3.63. The van der Waals surface area contributed by atoms with Crippen molar-refractivity contribution in [2.45, 2.75) is 20.3 Å². The molecule has 2 heterocycles. The Hall–Kier alpha value is -2.73. The molecule has 1 amide bonds. The van der Waals surface area contributed by atoms with Gasteiger partial charge in [0.1, 0.15) is 5.82 Å². The van der Waals surface area contributed by atoms with Crippen molar-refractivity contribution in [2.75, 3.05) is 5.43 Å². The van der Waals surface area contributed by atoms with Crippen LogP contribution in [-0.4, -0.2) is 20.6 Å². The topological polar surface area (TPSA) is 76.9 Å². The summed E-state index contributed by atoms with van der Waals surface area (Å²) < 4.78 is 1.21. The second-order valence-corrected chi connectivity index (χ2v) is 6.55. The van der Waals surface area contributed by atoms with Crippen LogP contribution in [0.5, 0.6) is 0 Å². The molecule has 0 aliphatic rings. The molecule has 25 heavy (non-hydrogen) atoms. The molecule has 0 aliphatic carbocycles. The van der Waals surface area contributed by atoms with Gasteiger partial charge in [0, 0.05) is 23.8 Å². The van der Waals surface area contributed by atoms with Crippen molar-refractivity contribution in [1.29, 1.82) is 0 Å². The van der Waals surface area contributed by atoms with Crippen molar-refractivity contribution in [3.05, 3.63) is 69.5 Å². The summed E-state index contributed by atoms with van der Waals surface area (Å²) in [6.07, 6.45) is 3.55. The number of carbonyl (C=O) groups is 1. The fourth-order valence-corrected chi connectivity index (χ4v) is 2.65. The molecule has 0 atom stereocenters. The van der Waals surface area contributed by atoms with Crippen LogP contribution in [-0.2, 0) is 6.42 Å². The van der Waals surface area contributed by atoms with E-state index in [0.717, 1.165) is 0 Å². The highest BCUT2D eigenvalue weighted by atomic mass is 35.5. The number of amides is 1. The summed E-state index contributed by atoms with van der Waals surface area (Å²) >= 11 is 6.01. The molecule has 2 aromatic heterocycles. The number of nitrogens with zero attached hydrogens (tertiary/aromatic N) is 3. The van der Waals surface area contributed by atoms with Crippen molar-refractivity contribution >= 4 is 28.4 Å². The lowest BCUT2D eigenvalue weighted by Gasteiger charge is -2.15. The van der Waals surface area contributed by atoms with Gasteiger partial charge in [-0.2, -0.15) is 0 Å². The molecule has 128 valence electrons. The van der Waals surface area contributed by atoms with E-state index in [9.17, 15) is 9.59 Å². The minimum absolute atomic E-state index is 0.255. The summed E-state index contributed by atoms with van der Waals surface area (Å²) in [5, 5.41) is 0.899. The lowest BCUT2D eigenvalue weighted by Crippen LogP contribution is -2.36. The minimum atomic E-state index is -0.421. The summed E-state index contributed by atoms with van der Waals surface area (Å²) in [5.41, 5.74) is 3.17. The first kappa shape index (κ1) is 17.1. The van der Waals surface area contributed by atoms with E-state index >= 15 is 0 Å². The van der Waals surface area contributed by atoms with Gasteiger partial charge in [-0.05, 0) is 36.2 Å². The van der Waals surface area contributed by atoms with Crippen LogP contribution in [0.3, 0.4) is 0 Å². The van der Waals surface area contributed by atoms with Gasteiger partial charge in [0.2, 0.25) is 0 Å². The average Bonchev–Trinajstić information content (AvgIpc) is 2.58. The third kappa shape index (κ3) is 3.69. The van der Waals surface area contributed by atoms with Crippen molar-refractivity contribution in [3.8, 4) is 0 Å². The maximum Gasteiger partial charge on any atom is 0.280 e. The second-order valence-electron chi connectivity index (χ2n) is 6.11. The summed E-state index contributed by atoms with van der Waals surface area (Å²) in [4.78, 5) is 33.7. The number of hydrogen-bond acceptors (Lipinski definition) is 4. The number of aromatic nitrogens is 3. The Labute approximate surface area is 149 Å². The molecule has 0 saturated heterocycles. The number of halogens is 1. The van der Waals surface area contributed by atoms with Crippen LogP contribution >= 0.6 is 11.6 Å². The Morgan fingerprint density at radius 3 is 2.80 bits per heavy atom. The number of hydrogen-bond donors (Lipinski definition) is 1. The van der Waals surface area contributed by atoms with Crippen LogP contribution in [0, 0.1) is 5.92 Å². The summed E-state index contributed by atoms with van der Waals surface area (Å²) in [5.74, 6) is 0.312. The number of carbonyl (C=O) groups excluding carboxylic acids is 1. The minimum Gasteiger partial charge on any atom is -0.267 e. The molecule has 1 N–H and O–H groups in total. The maximum atomic E-state index is 12.9. The number of benzene rings is 1. The Bertz CT molecular complexity index is 984. The molecular formula is C18H17ClN4O2. The molecule has 6 nitrogen and oxygen atoms in total. The van der Waals surface area contributed by atoms with E-state index in [2.05, 4.69) is 15.4 Å². The molecule has 0 unspecified atom stereocenters. The van der Waals surface area contributed by atoms with Gasteiger partial charge < -0.3 is 0 Å². The van der Waals surface area contributed by atoms with Gasteiger partial charge in [0.05, 0.1) is 16.5 Å². The van der Waals surface area contributed by atoms with Gasteiger partial charge in [-0.3, -0.25) is 20.0 Å². The molecule has 0 aliphatic heterocycles. The fourth-order valence-electron chi connectivity index (χ4n) is 2.49. The van der Waals surface area contributed by atoms with E-state index in [1.54, 1.807) is 36.5 Å². The first-order valence-corrected chi connectivity index (χ1v) is 8.26. The highest BCUT2D eigenvalue weighted by Gasteiger charge is 2.15. The van der Waals surface area contributed by atoms with Crippen LogP contribution in [0.2, 0.25) is 5.02 Å². The van der Waals surface area contributed by atoms with E-state index in [0.29, 0.717) is 33.7 Å². The molecule has 1 aromatic carbocycles. The van der Waals surface area contributed by atoms with Gasteiger partial charge in [-0.15, -0.1) is 0 Å². The molecule has 0 fully saturated rings. The van der Waals surface area contributed by atoms with E-state index in [-0.39, 0.29) is 11.5 Å². The molecule has 0 spiro atoms. The average molecular weight is 357 g/mol. The predicted molar refractivity (Wildman–Crippen MR) is 97.5 cm³/mol. The first-order valence-electron chi connectivity index (χ1n) is 7.88. The Morgan fingerprint density at radius 2 is 2.12 bits per heavy atom. The Morgan fingerprint density at radius 1 is 1.32 bits per heavy atom. The highest BCUT2D eigenvalue weighted by Crippen LogP contribution is 2.16. The Balaban J connectivity index is 2.11. The van der Waals surface area contributed by atoms with Gasteiger partial charge >= 0.3 is 0 Å². The van der Waals surface area contributed by atoms with Gasteiger partial charge in [-0.25, -0.2) is 9.66 Å². The van der Waals surface area contributed by atoms with Gasteiger partial charge in [0.15, 0.2) is 0 Å². The van der Waals surface area contributed by atoms with Crippen molar-refractivity contribution in [3.63, 3.8) is 0 Å². The van der Waals surface area contributed by atoms with E-state index in [4.69, 9.17) is 11.6 Å². The lowest BCUT2D eigenvalue weighted by atomic mass is 10.1. The predicted octanol–water partition coefficient (Wildman–Crippen LogP) is 3.03. The largest absolute Gasteiger partial charge is 0.280 e. The van der Waals surface area contributed by atoms with Gasteiger partial charge in [0.25, 0.3) is 11.5 Å². The highest BCUT2D eigenvalue weighted by molar-refractivity contribution is 6.31. The quantitative estimate of drug-likeness (QED) is 0.779. The zero-order valence-electron chi connectivity index (χ0n) is 13.9. The molecular weight excluding hydrogens is 340 g/mol. The normalized spacial score (nSPS) is 11.0. The van der Waals surface area contributed by atoms with Crippen LogP contribution in [0.15, 0.2) is 47.5 Å². The van der Waals surface area contributed by atoms with Crippen LogP contribution in [0.4, 0.5) is 0 Å². The standard InChI is InChI=1S/C18H17ClN4O2/c1-11(2)8-16-21-15-9-13(19)5-6-14(15)18(25)23(16)22-17(24)12-4-3-7-20-10-12/h3-7,9-11H,8H2,1-2H3,(H,22,24). The summed E-state index contributed by atoms with van der Waals surface area (Å²) in [6, 6.07) is 8.17. The van der Waals surface area contributed by atoms with Crippen LogP contribution in [0.25, 0.3) is 10.9 Å². The second kappa shape index (κ2) is 7.03. The lowest BCUT2D eigenvalue weighted by molar-refractivity contribution is 0.101. The van der Waals surface area contributed by atoms with Crippen LogP contribution < -0.4 is 11.0 Å². The first-order chi connectivity index (χ1) is 12.0. The monoisotopic (exact) mass is 356 g/mol. The number of nitrogens with one attached hydrogen (secondary N) is 1. The third-order valence-corrected chi connectivity index (χ3v) is 3.86. The summed E-state index contributed by atoms with van der Waals surface area (Å²) in [6.45, 7) is 4.03. The zero-order valence-corrected chi connectivity index (χ0v) is 14.6. The zero-order chi connectivity index (χ0) is 18.0. The fraction of sp³-hybridized carbons (Fsp3) is 0.222. The van der Waals surface area contributed by atoms with Crippen molar-refractivity contribution in [2.24, 2.45) is 5.92 Å². The molecule has 3 rings (SSSR count). The molecule has 0 saturated carbocycles. The molecule has 0 bridgehead atoms. The van der Waals surface area contributed by atoms with Crippen LogP contribution in [0.1, 0.15) is 30.0 Å². The molecule has 3 aromatic rings. The molecule has 0 radical (unpaired) electrons. The van der Waals surface area contributed by atoms with E-state index in [1.807, 2.05) is 13.8 Å². The SMILES string of the molecule is CC(C)Cc1nc2cc(Cl)ccc2c(=O)n1NC(=O)c1cccnc1. The Kier molecular flexibility index (Phi) is 4.81. The van der Waals surface area contributed by atoms with Crippen molar-refractivity contribution < 1.29 is 4.79 Å². The van der Waals surface area contributed by atoms with Gasteiger partial charge in [-0.1, -0.05) is 25.4 Å². The number of fused-ring (bicyclic) bond motifs is 1. The molecule has 7 heteroatoms. The van der Waals surface area contributed by atoms with E-state index < -0.39 is 5.91 Å². The van der Waals surface area contributed by atoms with E-state index in [1.165, 1.54) is 10.9 Å². The van der Waals surface area contributed by atoms with Crippen molar-refractivity contribution in [1.82, 2.24) is 14.6 Å².